The first-order valence-electron chi connectivity index (χ1n) is 6.10. The highest BCUT2D eigenvalue weighted by Gasteiger charge is 2.19. The Bertz CT molecular complexity index is 470. The second kappa shape index (κ2) is 4.86. The largest absolute Gasteiger partial charge is 0.397 e. The molecule has 5 heteroatoms. The molecule has 0 saturated heterocycles. The Morgan fingerprint density at radius 2 is 2.22 bits per heavy atom. The molecular formula is C13H20N4O. The molecule has 0 saturated carbocycles. The smallest absolute Gasteiger partial charge is 0.228 e. The molecule has 1 atom stereocenters. The van der Waals surface area contributed by atoms with Crippen molar-refractivity contribution < 1.29 is 4.79 Å². The van der Waals surface area contributed by atoms with E-state index in [4.69, 9.17) is 5.73 Å². The zero-order chi connectivity index (χ0) is 13.3. The highest BCUT2D eigenvalue weighted by molar-refractivity contribution is 6.00. The molecule has 4 N–H and O–H groups in total. The lowest BCUT2D eigenvalue weighted by molar-refractivity contribution is -0.115. The molecule has 0 fully saturated rings. The first-order valence-corrected chi connectivity index (χ1v) is 6.10. The van der Waals surface area contributed by atoms with Gasteiger partial charge in [-0.2, -0.15) is 0 Å². The molecule has 0 aliphatic carbocycles. The number of nitrogens with zero attached hydrogens (tertiary/aromatic N) is 1. The van der Waals surface area contributed by atoms with Crippen molar-refractivity contribution in [1.82, 2.24) is 4.90 Å². The van der Waals surface area contributed by atoms with Crippen molar-refractivity contribution in [2.75, 3.05) is 37.0 Å². The molecule has 1 aromatic carbocycles. The fraction of sp³-hybridized carbons (Fsp3) is 0.462. The predicted octanol–water partition coefficient (Wildman–Crippen LogP) is 1.13. The van der Waals surface area contributed by atoms with Gasteiger partial charge in [0.25, 0.3) is 0 Å². The van der Waals surface area contributed by atoms with Crippen molar-refractivity contribution >= 4 is 23.0 Å². The third-order valence-corrected chi connectivity index (χ3v) is 3.37. The van der Waals surface area contributed by atoms with E-state index in [0.717, 1.165) is 23.5 Å². The summed E-state index contributed by atoms with van der Waals surface area (Å²) < 4.78 is 0. The van der Waals surface area contributed by atoms with Crippen LogP contribution in [0.25, 0.3) is 0 Å². The number of fused-ring (bicyclic) bond motifs is 1. The SMILES string of the molecule is CC(CNc1cc2c(cc1N)CC(=O)N2)N(C)C. The molecule has 18 heavy (non-hydrogen) atoms. The fourth-order valence-electron chi connectivity index (χ4n) is 1.89. The molecule has 1 aromatic rings. The summed E-state index contributed by atoms with van der Waals surface area (Å²) in [6.07, 6.45) is 0.425. The zero-order valence-electron chi connectivity index (χ0n) is 11.1. The van der Waals surface area contributed by atoms with E-state index in [2.05, 4.69) is 22.5 Å². The van der Waals surface area contributed by atoms with Crippen molar-refractivity contribution in [1.29, 1.82) is 0 Å². The van der Waals surface area contributed by atoms with Crippen molar-refractivity contribution in [3.8, 4) is 0 Å². The van der Waals surface area contributed by atoms with Crippen molar-refractivity contribution in [3.63, 3.8) is 0 Å². The number of benzene rings is 1. The third kappa shape index (κ3) is 2.56. The topological polar surface area (TPSA) is 70.4 Å². The molecule has 1 aliphatic heterocycles. The van der Waals surface area contributed by atoms with Gasteiger partial charge < -0.3 is 21.3 Å². The van der Waals surface area contributed by atoms with Crippen LogP contribution in [0.2, 0.25) is 0 Å². The highest BCUT2D eigenvalue weighted by Crippen LogP contribution is 2.31. The Balaban J connectivity index is 2.10. The van der Waals surface area contributed by atoms with Gasteiger partial charge in [-0.3, -0.25) is 4.79 Å². The van der Waals surface area contributed by atoms with Crippen LogP contribution in [0, 0.1) is 0 Å². The summed E-state index contributed by atoms with van der Waals surface area (Å²) in [5, 5.41) is 6.15. The van der Waals surface area contributed by atoms with Gasteiger partial charge in [0.15, 0.2) is 0 Å². The normalized spacial score (nSPS) is 15.4. The van der Waals surface area contributed by atoms with Gasteiger partial charge >= 0.3 is 0 Å². The number of carbonyl (C=O) groups is 1. The Labute approximate surface area is 107 Å². The molecule has 1 aliphatic rings. The lowest BCUT2D eigenvalue weighted by Gasteiger charge is -2.21. The van der Waals surface area contributed by atoms with Crippen LogP contribution in [0.15, 0.2) is 12.1 Å². The van der Waals surface area contributed by atoms with Gasteiger partial charge in [-0.05, 0) is 38.7 Å². The zero-order valence-corrected chi connectivity index (χ0v) is 11.1. The molecule has 1 amide bonds. The second-order valence-electron chi connectivity index (χ2n) is 5.02. The summed E-state index contributed by atoms with van der Waals surface area (Å²) in [5.74, 6) is 0.0307. The van der Waals surface area contributed by atoms with Crippen molar-refractivity contribution in [3.05, 3.63) is 17.7 Å². The number of nitrogen functional groups attached to an aromatic ring is 1. The van der Waals surface area contributed by atoms with E-state index in [1.165, 1.54) is 0 Å². The minimum absolute atomic E-state index is 0.0307. The number of hydrogen-bond donors (Lipinski definition) is 3. The van der Waals surface area contributed by atoms with Gasteiger partial charge in [0.1, 0.15) is 0 Å². The second-order valence-corrected chi connectivity index (χ2v) is 5.02. The summed E-state index contributed by atoms with van der Waals surface area (Å²) in [6.45, 7) is 2.95. The number of rotatable bonds is 4. The van der Waals surface area contributed by atoms with E-state index in [9.17, 15) is 4.79 Å². The number of hydrogen-bond acceptors (Lipinski definition) is 4. The Hall–Kier alpha value is -1.75. The Kier molecular flexibility index (Phi) is 3.43. The maximum absolute atomic E-state index is 11.3. The first-order chi connectivity index (χ1) is 8.47. The standard InChI is InChI=1S/C13H20N4O/c1-8(17(2)3)7-15-12-6-11-9(4-10(12)14)5-13(18)16-11/h4,6,8,15H,5,7,14H2,1-3H3,(H,16,18). The van der Waals surface area contributed by atoms with Crippen molar-refractivity contribution in [2.45, 2.75) is 19.4 Å². The Morgan fingerprint density at radius 3 is 2.89 bits per heavy atom. The van der Waals surface area contributed by atoms with Crippen LogP contribution in [-0.4, -0.2) is 37.5 Å². The van der Waals surface area contributed by atoms with Crippen LogP contribution in [0.5, 0.6) is 0 Å². The number of likely N-dealkylation sites (N-methyl/N-ethyl adjacent to an activating group) is 1. The van der Waals surface area contributed by atoms with Crippen LogP contribution < -0.4 is 16.4 Å². The number of anilines is 3. The van der Waals surface area contributed by atoms with Gasteiger partial charge in [0.2, 0.25) is 5.91 Å². The van der Waals surface area contributed by atoms with E-state index < -0.39 is 0 Å². The molecule has 0 spiro atoms. The van der Waals surface area contributed by atoms with E-state index in [0.29, 0.717) is 18.2 Å². The fourth-order valence-corrected chi connectivity index (χ4v) is 1.89. The minimum Gasteiger partial charge on any atom is -0.397 e. The lowest BCUT2D eigenvalue weighted by atomic mass is 10.1. The molecule has 1 heterocycles. The van der Waals surface area contributed by atoms with Crippen molar-refractivity contribution in [2.24, 2.45) is 0 Å². The minimum atomic E-state index is 0.0307. The maximum atomic E-state index is 11.3. The van der Waals surface area contributed by atoms with Gasteiger partial charge in [-0.15, -0.1) is 0 Å². The van der Waals surface area contributed by atoms with E-state index in [-0.39, 0.29) is 5.91 Å². The number of nitrogens with two attached hydrogens (primary N) is 1. The summed E-state index contributed by atoms with van der Waals surface area (Å²) in [6, 6.07) is 4.20. The van der Waals surface area contributed by atoms with E-state index in [1.54, 1.807) is 0 Å². The van der Waals surface area contributed by atoms with Gasteiger partial charge in [-0.1, -0.05) is 0 Å². The molecule has 1 unspecified atom stereocenters. The molecule has 0 aromatic heterocycles. The van der Waals surface area contributed by atoms with Crippen LogP contribution in [-0.2, 0) is 11.2 Å². The summed E-state index contributed by atoms with van der Waals surface area (Å²) in [7, 11) is 4.08. The molecule has 5 nitrogen and oxygen atoms in total. The van der Waals surface area contributed by atoms with Gasteiger partial charge in [0.05, 0.1) is 17.8 Å². The average Bonchev–Trinajstić information content (AvgIpc) is 2.64. The molecule has 0 radical (unpaired) electrons. The quantitative estimate of drug-likeness (QED) is 0.698. The predicted molar refractivity (Wildman–Crippen MR) is 74.8 cm³/mol. The molecule has 98 valence electrons. The van der Waals surface area contributed by atoms with E-state index >= 15 is 0 Å². The van der Waals surface area contributed by atoms with Gasteiger partial charge in [-0.25, -0.2) is 0 Å². The molecule has 0 bridgehead atoms. The van der Waals surface area contributed by atoms with Crippen LogP contribution >= 0.6 is 0 Å². The number of amides is 1. The van der Waals surface area contributed by atoms with Crippen LogP contribution in [0.1, 0.15) is 12.5 Å². The molecular weight excluding hydrogens is 228 g/mol. The third-order valence-electron chi connectivity index (χ3n) is 3.37. The van der Waals surface area contributed by atoms with Crippen LogP contribution in [0.4, 0.5) is 17.1 Å². The van der Waals surface area contributed by atoms with E-state index in [1.807, 2.05) is 26.2 Å². The summed E-state index contributed by atoms with van der Waals surface area (Å²) in [5.41, 5.74) is 9.40. The first kappa shape index (κ1) is 12.7. The maximum Gasteiger partial charge on any atom is 0.228 e. The number of carbonyl (C=O) groups excluding carboxylic acids is 1. The monoisotopic (exact) mass is 248 g/mol. The molecule has 2 rings (SSSR count). The summed E-state index contributed by atoms with van der Waals surface area (Å²) >= 11 is 0. The van der Waals surface area contributed by atoms with Crippen LogP contribution in [0.3, 0.4) is 0 Å². The van der Waals surface area contributed by atoms with Gasteiger partial charge in [0, 0.05) is 18.3 Å². The lowest BCUT2D eigenvalue weighted by Crippen LogP contribution is -2.31. The Morgan fingerprint density at radius 1 is 1.50 bits per heavy atom. The summed E-state index contributed by atoms with van der Waals surface area (Å²) in [4.78, 5) is 13.4. The highest BCUT2D eigenvalue weighted by atomic mass is 16.1. The number of nitrogens with one attached hydrogen (secondary N) is 2. The average molecular weight is 248 g/mol.